The highest BCUT2D eigenvalue weighted by Crippen LogP contribution is 2.34. The summed E-state index contributed by atoms with van der Waals surface area (Å²) in [5.41, 5.74) is 0. The second-order valence-corrected chi connectivity index (χ2v) is 2.60. The van der Waals surface area contributed by atoms with Crippen molar-refractivity contribution in [3.63, 3.8) is 0 Å². The van der Waals surface area contributed by atoms with Crippen LogP contribution in [0.15, 0.2) is 0 Å². The third kappa shape index (κ3) is 0.418. The Balaban J connectivity index is 2.03. The Hall–Kier alpha value is -0.0400. The zero-order chi connectivity index (χ0) is 4.69. The van der Waals surface area contributed by atoms with Gasteiger partial charge in [0.1, 0.15) is 0 Å². The maximum absolute atomic E-state index is 4.40. The zero-order valence-corrected chi connectivity index (χ0v) is 4.43. The lowest BCUT2D eigenvalue weighted by Gasteiger charge is -2.28. The standard InChI is InChI=1S/C6H10N/c1-2-6-5(1)3-4-7-6/h5-6H,1-4H2. The zero-order valence-electron chi connectivity index (χ0n) is 4.43. The maximum Gasteiger partial charge on any atom is 0.0274 e. The number of fused-ring (bicyclic) bond motifs is 1. The molecule has 7 heavy (non-hydrogen) atoms. The highest BCUT2D eigenvalue weighted by atomic mass is 15.0. The molecule has 2 unspecified atom stereocenters. The summed E-state index contributed by atoms with van der Waals surface area (Å²) in [6, 6.07) is 0.819. The van der Waals surface area contributed by atoms with E-state index in [0.717, 1.165) is 18.5 Å². The molecule has 1 heteroatoms. The van der Waals surface area contributed by atoms with Gasteiger partial charge in [-0.25, -0.2) is 5.32 Å². The van der Waals surface area contributed by atoms with Gasteiger partial charge in [-0.05, 0) is 25.2 Å². The van der Waals surface area contributed by atoms with Gasteiger partial charge in [-0.15, -0.1) is 0 Å². The molecule has 2 fully saturated rings. The smallest absolute Gasteiger partial charge is 0.0274 e. The number of rotatable bonds is 0. The quantitative estimate of drug-likeness (QED) is 0.423. The summed E-state index contributed by atoms with van der Waals surface area (Å²) >= 11 is 0. The fraction of sp³-hybridized carbons (Fsp3) is 1.00. The van der Waals surface area contributed by atoms with E-state index in [1.807, 2.05) is 0 Å². The van der Waals surface area contributed by atoms with Crippen molar-refractivity contribution in [2.24, 2.45) is 5.92 Å². The molecule has 0 bridgehead atoms. The predicted molar refractivity (Wildman–Crippen MR) is 28.1 cm³/mol. The molecule has 0 amide bonds. The Bertz CT molecular complexity index is 70.2. The molecule has 1 saturated heterocycles. The summed E-state index contributed by atoms with van der Waals surface area (Å²) < 4.78 is 0. The first-order valence-electron chi connectivity index (χ1n) is 3.13. The Morgan fingerprint density at radius 2 is 2.14 bits per heavy atom. The molecule has 2 aliphatic rings. The van der Waals surface area contributed by atoms with Gasteiger partial charge in [-0.1, -0.05) is 0 Å². The van der Waals surface area contributed by atoms with Crippen molar-refractivity contribution in [2.75, 3.05) is 6.54 Å². The van der Waals surface area contributed by atoms with E-state index in [2.05, 4.69) is 5.32 Å². The van der Waals surface area contributed by atoms with Gasteiger partial charge in [0.25, 0.3) is 0 Å². The van der Waals surface area contributed by atoms with Crippen molar-refractivity contribution in [1.82, 2.24) is 5.32 Å². The Labute approximate surface area is 44.1 Å². The highest BCUT2D eigenvalue weighted by molar-refractivity contribution is 4.91. The van der Waals surface area contributed by atoms with Crippen molar-refractivity contribution >= 4 is 0 Å². The lowest BCUT2D eigenvalue weighted by molar-refractivity contribution is 0.273. The van der Waals surface area contributed by atoms with E-state index in [4.69, 9.17) is 0 Å². The number of hydrogen-bond acceptors (Lipinski definition) is 0. The predicted octanol–water partition coefficient (Wildman–Crippen LogP) is 0.773. The Kier molecular flexibility index (Phi) is 0.680. The molecule has 1 heterocycles. The summed E-state index contributed by atoms with van der Waals surface area (Å²) in [6.45, 7) is 1.16. The van der Waals surface area contributed by atoms with Gasteiger partial charge in [0.05, 0.1) is 0 Å². The van der Waals surface area contributed by atoms with Gasteiger partial charge in [-0.3, -0.25) is 0 Å². The molecule has 2 rings (SSSR count). The van der Waals surface area contributed by atoms with E-state index < -0.39 is 0 Å². The van der Waals surface area contributed by atoms with Crippen molar-refractivity contribution in [1.29, 1.82) is 0 Å². The third-order valence-electron chi connectivity index (χ3n) is 2.24. The van der Waals surface area contributed by atoms with Crippen LogP contribution in [0.2, 0.25) is 0 Å². The molecule has 1 aliphatic heterocycles. The molecule has 1 radical (unpaired) electrons. The molecule has 39 valence electrons. The minimum atomic E-state index is 0.819. The van der Waals surface area contributed by atoms with E-state index in [1.165, 1.54) is 19.3 Å². The molecule has 0 aromatic carbocycles. The average Bonchev–Trinajstić information content (AvgIpc) is 1.85. The summed E-state index contributed by atoms with van der Waals surface area (Å²) in [6.07, 6.45) is 4.25. The van der Waals surface area contributed by atoms with Gasteiger partial charge in [-0.2, -0.15) is 0 Å². The van der Waals surface area contributed by atoms with Gasteiger partial charge < -0.3 is 0 Å². The van der Waals surface area contributed by atoms with Gasteiger partial charge in [0.2, 0.25) is 0 Å². The summed E-state index contributed by atoms with van der Waals surface area (Å²) in [7, 11) is 0. The normalized spacial score (nSPS) is 48.0. The molecule has 1 aliphatic carbocycles. The van der Waals surface area contributed by atoms with E-state index in [0.29, 0.717) is 0 Å². The fourth-order valence-electron chi connectivity index (χ4n) is 1.53. The van der Waals surface area contributed by atoms with Crippen LogP contribution >= 0.6 is 0 Å². The van der Waals surface area contributed by atoms with Crippen LogP contribution in [0.25, 0.3) is 0 Å². The highest BCUT2D eigenvalue weighted by Gasteiger charge is 2.35. The van der Waals surface area contributed by atoms with Crippen LogP contribution in [0.3, 0.4) is 0 Å². The van der Waals surface area contributed by atoms with E-state index in [9.17, 15) is 0 Å². The van der Waals surface area contributed by atoms with Crippen molar-refractivity contribution < 1.29 is 0 Å². The third-order valence-corrected chi connectivity index (χ3v) is 2.24. The molecule has 0 aromatic heterocycles. The average molecular weight is 96.2 g/mol. The van der Waals surface area contributed by atoms with Crippen molar-refractivity contribution in [3.8, 4) is 0 Å². The first-order valence-corrected chi connectivity index (χ1v) is 3.13. The molecule has 1 saturated carbocycles. The van der Waals surface area contributed by atoms with Crippen LogP contribution in [0, 0.1) is 5.92 Å². The minimum absolute atomic E-state index is 0.819. The summed E-state index contributed by atoms with van der Waals surface area (Å²) in [4.78, 5) is 0. The molecule has 0 N–H and O–H groups in total. The summed E-state index contributed by atoms with van der Waals surface area (Å²) in [5.74, 6) is 1.03. The van der Waals surface area contributed by atoms with Crippen molar-refractivity contribution in [2.45, 2.75) is 25.3 Å². The molecular weight excluding hydrogens is 86.1 g/mol. The van der Waals surface area contributed by atoms with Crippen molar-refractivity contribution in [3.05, 3.63) is 0 Å². The lowest BCUT2D eigenvalue weighted by Crippen LogP contribution is -2.30. The van der Waals surface area contributed by atoms with E-state index in [-0.39, 0.29) is 0 Å². The SMILES string of the molecule is C1CC2CCC2[N]1. The Morgan fingerprint density at radius 1 is 1.14 bits per heavy atom. The van der Waals surface area contributed by atoms with Crippen LogP contribution in [-0.2, 0) is 0 Å². The van der Waals surface area contributed by atoms with Crippen LogP contribution in [0.1, 0.15) is 19.3 Å². The van der Waals surface area contributed by atoms with Gasteiger partial charge >= 0.3 is 0 Å². The van der Waals surface area contributed by atoms with Crippen LogP contribution in [0.4, 0.5) is 0 Å². The van der Waals surface area contributed by atoms with Gasteiger partial charge in [0.15, 0.2) is 0 Å². The number of nitrogens with zero attached hydrogens (tertiary/aromatic N) is 1. The largest absolute Gasteiger partial charge is 0.238 e. The monoisotopic (exact) mass is 96.1 g/mol. The molecule has 1 nitrogen and oxygen atoms in total. The first kappa shape index (κ1) is 3.90. The minimum Gasteiger partial charge on any atom is -0.238 e. The molecule has 0 aromatic rings. The topological polar surface area (TPSA) is 14.1 Å². The fourth-order valence-corrected chi connectivity index (χ4v) is 1.53. The van der Waals surface area contributed by atoms with E-state index in [1.54, 1.807) is 0 Å². The molecular formula is C6H10N. The molecule has 2 atom stereocenters. The first-order chi connectivity index (χ1) is 3.47. The van der Waals surface area contributed by atoms with Crippen LogP contribution < -0.4 is 5.32 Å². The van der Waals surface area contributed by atoms with Crippen LogP contribution in [-0.4, -0.2) is 12.6 Å². The second-order valence-electron chi connectivity index (χ2n) is 2.60. The maximum atomic E-state index is 4.40. The van der Waals surface area contributed by atoms with Gasteiger partial charge in [0, 0.05) is 12.6 Å². The summed E-state index contributed by atoms with van der Waals surface area (Å²) in [5, 5.41) is 4.40. The van der Waals surface area contributed by atoms with Crippen LogP contribution in [0.5, 0.6) is 0 Å². The second kappa shape index (κ2) is 1.22. The lowest BCUT2D eigenvalue weighted by atomic mass is 9.81. The Morgan fingerprint density at radius 3 is 2.43 bits per heavy atom. The van der Waals surface area contributed by atoms with E-state index >= 15 is 0 Å². The molecule has 0 spiro atoms. The number of hydrogen-bond donors (Lipinski definition) is 0.